The fourth-order valence-corrected chi connectivity index (χ4v) is 2.84. The number of hydrogen-bond acceptors (Lipinski definition) is 2. The monoisotopic (exact) mass is 261 g/mol. The van der Waals surface area contributed by atoms with Gasteiger partial charge in [-0.1, -0.05) is 0 Å². The maximum Gasteiger partial charge on any atom is 0.167 e. The van der Waals surface area contributed by atoms with Crippen LogP contribution in [0.3, 0.4) is 0 Å². The minimum Gasteiger partial charge on any atom is -0.305 e. The zero-order chi connectivity index (χ0) is 12.4. The van der Waals surface area contributed by atoms with Crippen LogP contribution >= 0.6 is 0 Å². The van der Waals surface area contributed by atoms with E-state index in [9.17, 15) is 13.0 Å². The van der Waals surface area contributed by atoms with Gasteiger partial charge in [0.25, 0.3) is 0 Å². The first-order valence-electron chi connectivity index (χ1n) is 5.34. The zero-order valence-electron chi connectivity index (χ0n) is 9.10. The van der Waals surface area contributed by atoms with E-state index < -0.39 is 22.7 Å². The molecule has 94 valence electrons. The van der Waals surface area contributed by atoms with Gasteiger partial charge in [0.15, 0.2) is 11.1 Å². The van der Waals surface area contributed by atoms with E-state index in [0.717, 1.165) is 18.6 Å². The molecule has 3 nitrogen and oxygen atoms in total. The summed E-state index contributed by atoms with van der Waals surface area (Å²) in [7, 11) is 0. The lowest BCUT2D eigenvalue weighted by molar-refractivity contribution is 0.288. The predicted octanol–water partition coefficient (Wildman–Crippen LogP) is 2.28. The van der Waals surface area contributed by atoms with Gasteiger partial charge in [0.1, 0.15) is 17.5 Å². The third-order valence-electron chi connectivity index (χ3n) is 2.96. The summed E-state index contributed by atoms with van der Waals surface area (Å²) in [5.41, 5.74) is 0.271. The van der Waals surface area contributed by atoms with Crippen LogP contribution in [-0.2, 0) is 11.1 Å². The molecule has 1 unspecified atom stereocenters. The van der Waals surface area contributed by atoms with Crippen LogP contribution < -0.4 is 0 Å². The van der Waals surface area contributed by atoms with Gasteiger partial charge in [-0.2, -0.15) is 0 Å². The van der Waals surface area contributed by atoms with Gasteiger partial charge in [-0.05, 0) is 37.6 Å². The molecular weight excluding hydrogens is 248 g/mol. The van der Waals surface area contributed by atoms with E-state index in [1.54, 1.807) is 4.90 Å². The highest BCUT2D eigenvalue weighted by molar-refractivity contribution is 7.79. The Morgan fingerprint density at radius 3 is 2.94 bits per heavy atom. The molecule has 6 heteroatoms. The Kier molecular flexibility index (Phi) is 3.86. The van der Waals surface area contributed by atoms with Gasteiger partial charge in [-0.15, -0.1) is 0 Å². The SMILES string of the molecule is O=S(O)CN1CCC[C@@H]1c1cc(F)ccc1F. The minimum atomic E-state index is -1.95. The Bertz CT molecular complexity index is 441. The smallest absolute Gasteiger partial charge is 0.167 e. The van der Waals surface area contributed by atoms with Crippen molar-refractivity contribution in [3.8, 4) is 0 Å². The Balaban J connectivity index is 2.25. The average molecular weight is 261 g/mol. The van der Waals surface area contributed by atoms with Gasteiger partial charge in [0, 0.05) is 11.6 Å². The van der Waals surface area contributed by atoms with E-state index >= 15 is 0 Å². The highest BCUT2D eigenvalue weighted by Crippen LogP contribution is 2.33. The van der Waals surface area contributed by atoms with Crippen molar-refractivity contribution in [2.75, 3.05) is 12.4 Å². The normalized spacial score (nSPS) is 22.9. The third kappa shape index (κ3) is 2.88. The van der Waals surface area contributed by atoms with E-state index in [2.05, 4.69) is 0 Å². The van der Waals surface area contributed by atoms with Crippen LogP contribution in [-0.4, -0.2) is 26.1 Å². The molecule has 1 aliphatic rings. The lowest BCUT2D eigenvalue weighted by Crippen LogP contribution is -2.27. The summed E-state index contributed by atoms with van der Waals surface area (Å²) < 4.78 is 46.3. The van der Waals surface area contributed by atoms with Crippen molar-refractivity contribution in [2.45, 2.75) is 18.9 Å². The van der Waals surface area contributed by atoms with E-state index in [1.165, 1.54) is 6.07 Å². The Morgan fingerprint density at radius 1 is 1.47 bits per heavy atom. The molecule has 0 amide bonds. The van der Waals surface area contributed by atoms with Crippen LogP contribution in [0, 0.1) is 11.6 Å². The van der Waals surface area contributed by atoms with Crippen LogP contribution in [0.2, 0.25) is 0 Å². The third-order valence-corrected chi connectivity index (χ3v) is 3.51. The molecule has 2 rings (SSSR count). The molecule has 0 bridgehead atoms. The molecule has 17 heavy (non-hydrogen) atoms. The number of likely N-dealkylation sites (tertiary alicyclic amines) is 1. The van der Waals surface area contributed by atoms with E-state index in [1.807, 2.05) is 0 Å². The van der Waals surface area contributed by atoms with Crippen molar-refractivity contribution >= 4 is 11.1 Å². The van der Waals surface area contributed by atoms with Crippen LogP contribution in [0.1, 0.15) is 24.4 Å². The van der Waals surface area contributed by atoms with Gasteiger partial charge in [0.05, 0.1) is 0 Å². The molecule has 2 atom stereocenters. The standard InChI is InChI=1S/C11H13F2NO2S/c12-8-3-4-10(13)9(6-8)11-2-1-5-14(11)7-17(15)16/h3-4,6,11H,1-2,5,7H2,(H,15,16)/t11-/m1/s1. The van der Waals surface area contributed by atoms with E-state index in [4.69, 9.17) is 4.55 Å². The summed E-state index contributed by atoms with van der Waals surface area (Å²) in [6.45, 7) is 0.632. The first-order valence-corrected chi connectivity index (χ1v) is 6.62. The van der Waals surface area contributed by atoms with Crippen molar-refractivity contribution in [2.24, 2.45) is 0 Å². The second-order valence-corrected chi connectivity index (χ2v) is 4.99. The lowest BCUT2D eigenvalue weighted by Gasteiger charge is -2.23. The highest BCUT2D eigenvalue weighted by atomic mass is 32.2. The second kappa shape index (κ2) is 5.20. The lowest BCUT2D eigenvalue weighted by atomic mass is 10.0. The van der Waals surface area contributed by atoms with Crippen LogP contribution in [0.4, 0.5) is 8.78 Å². The van der Waals surface area contributed by atoms with Gasteiger partial charge in [0.2, 0.25) is 0 Å². The summed E-state index contributed by atoms with van der Waals surface area (Å²) in [5.74, 6) is -0.981. The van der Waals surface area contributed by atoms with Gasteiger partial charge in [-0.3, -0.25) is 4.90 Å². The maximum atomic E-state index is 13.6. The van der Waals surface area contributed by atoms with Crippen LogP contribution in [0.5, 0.6) is 0 Å². The van der Waals surface area contributed by atoms with E-state index in [0.29, 0.717) is 13.0 Å². The molecule has 0 saturated carbocycles. The molecule has 1 aliphatic heterocycles. The molecule has 0 spiro atoms. The molecule has 1 aromatic carbocycles. The van der Waals surface area contributed by atoms with Crippen molar-refractivity contribution in [3.63, 3.8) is 0 Å². The van der Waals surface area contributed by atoms with Crippen LogP contribution in [0.15, 0.2) is 18.2 Å². The van der Waals surface area contributed by atoms with Crippen molar-refractivity contribution in [1.82, 2.24) is 4.90 Å². The first-order chi connectivity index (χ1) is 8.08. The van der Waals surface area contributed by atoms with Gasteiger partial charge >= 0.3 is 0 Å². The van der Waals surface area contributed by atoms with Crippen molar-refractivity contribution < 1.29 is 17.5 Å². The van der Waals surface area contributed by atoms with Gasteiger partial charge in [-0.25, -0.2) is 13.0 Å². The summed E-state index contributed by atoms with van der Waals surface area (Å²) in [6.07, 6.45) is 1.50. The largest absolute Gasteiger partial charge is 0.305 e. The molecule has 1 N–H and O–H groups in total. The minimum absolute atomic E-state index is 0.0272. The number of nitrogens with zero attached hydrogens (tertiary/aromatic N) is 1. The number of halogens is 2. The van der Waals surface area contributed by atoms with E-state index in [-0.39, 0.29) is 17.5 Å². The summed E-state index contributed by atoms with van der Waals surface area (Å²) >= 11 is -1.95. The fraction of sp³-hybridized carbons (Fsp3) is 0.455. The molecule has 0 aromatic heterocycles. The highest BCUT2D eigenvalue weighted by Gasteiger charge is 2.29. The molecule has 1 aromatic rings. The van der Waals surface area contributed by atoms with Crippen molar-refractivity contribution in [3.05, 3.63) is 35.4 Å². The summed E-state index contributed by atoms with van der Waals surface area (Å²) in [4.78, 5) is 1.72. The molecule has 1 saturated heterocycles. The fourth-order valence-electron chi connectivity index (χ4n) is 2.24. The maximum absolute atomic E-state index is 13.6. The summed E-state index contributed by atoms with van der Waals surface area (Å²) in [6, 6.07) is 3.03. The quantitative estimate of drug-likeness (QED) is 0.849. The molecule has 1 fully saturated rings. The molecule has 1 heterocycles. The molecular formula is C11H13F2NO2S. The predicted molar refractivity (Wildman–Crippen MR) is 60.7 cm³/mol. The topological polar surface area (TPSA) is 40.5 Å². The Morgan fingerprint density at radius 2 is 2.24 bits per heavy atom. The first kappa shape index (κ1) is 12.6. The summed E-state index contributed by atoms with van der Waals surface area (Å²) in [5, 5.41) is 0. The van der Waals surface area contributed by atoms with Gasteiger partial charge < -0.3 is 4.55 Å². The Hall–Kier alpha value is -0.850. The van der Waals surface area contributed by atoms with Crippen molar-refractivity contribution in [1.29, 1.82) is 0 Å². The Labute approximate surface area is 101 Å². The second-order valence-electron chi connectivity index (χ2n) is 4.09. The van der Waals surface area contributed by atoms with Crippen LogP contribution in [0.25, 0.3) is 0 Å². The molecule has 0 radical (unpaired) electrons. The number of rotatable bonds is 3. The number of benzene rings is 1. The molecule has 0 aliphatic carbocycles. The average Bonchev–Trinajstić information content (AvgIpc) is 2.69. The number of hydrogen-bond donors (Lipinski definition) is 1. The zero-order valence-corrected chi connectivity index (χ0v) is 9.92.